The van der Waals surface area contributed by atoms with Crippen molar-refractivity contribution in [1.82, 2.24) is 5.32 Å². The first kappa shape index (κ1) is 16.0. The topological polar surface area (TPSA) is 141 Å². The van der Waals surface area contributed by atoms with Gasteiger partial charge in [-0.05, 0) is 12.1 Å². The average molecular weight is 277 g/mol. The largest absolute Gasteiger partial charge is 0.507 e. The first-order chi connectivity index (χ1) is 8.11. The van der Waals surface area contributed by atoms with E-state index >= 15 is 0 Å². The highest BCUT2D eigenvalue weighted by Gasteiger charge is 2.10. The van der Waals surface area contributed by atoms with Crippen LogP contribution in [0.4, 0.5) is 0 Å². The Hall–Kier alpha value is -1.97. The zero-order valence-corrected chi connectivity index (χ0v) is 10.0. The van der Waals surface area contributed by atoms with Crippen LogP contribution in [0.25, 0.3) is 0 Å². The third-order valence-corrected chi connectivity index (χ3v) is 1.44. The van der Waals surface area contributed by atoms with Crippen LogP contribution in [0.15, 0.2) is 24.3 Å². The normalized spacial score (nSPS) is 9.94. The van der Waals surface area contributed by atoms with Crippen molar-refractivity contribution >= 4 is 22.2 Å². The number of rotatable bonds is 1. The van der Waals surface area contributed by atoms with Crippen molar-refractivity contribution in [2.24, 2.45) is 0 Å². The minimum atomic E-state index is -4.67. The van der Waals surface area contributed by atoms with Crippen molar-refractivity contribution in [2.45, 2.75) is 6.92 Å². The zero-order valence-electron chi connectivity index (χ0n) is 9.19. The first-order valence-corrected chi connectivity index (χ1v) is 5.80. The highest BCUT2D eigenvalue weighted by Crippen LogP contribution is 2.14. The molecule has 0 unspecified atom stereocenters. The number of para-hydroxylation sites is 1. The molecule has 0 aliphatic carbocycles. The number of phenolic OH excluding ortho intramolecular Hbond substituents is 1. The van der Waals surface area contributed by atoms with Gasteiger partial charge in [0.15, 0.2) is 0 Å². The summed E-state index contributed by atoms with van der Waals surface area (Å²) < 4.78 is 31.6. The number of phenols is 1. The van der Waals surface area contributed by atoms with E-state index in [4.69, 9.17) is 17.5 Å². The molecule has 1 rings (SSSR count). The fourth-order valence-electron chi connectivity index (χ4n) is 0.893. The van der Waals surface area contributed by atoms with Crippen molar-refractivity contribution in [2.75, 3.05) is 0 Å². The number of benzene rings is 1. The van der Waals surface area contributed by atoms with Gasteiger partial charge in [-0.2, -0.15) is 8.42 Å². The van der Waals surface area contributed by atoms with Crippen molar-refractivity contribution in [3.05, 3.63) is 29.8 Å². The zero-order chi connectivity index (χ0) is 14.3. The van der Waals surface area contributed by atoms with Gasteiger partial charge < -0.3 is 5.11 Å². The van der Waals surface area contributed by atoms with Crippen LogP contribution in [0.5, 0.6) is 5.75 Å². The maximum Gasteiger partial charge on any atom is 0.394 e. The van der Waals surface area contributed by atoms with Gasteiger partial charge in [0, 0.05) is 6.92 Å². The summed E-state index contributed by atoms with van der Waals surface area (Å²) in [4.78, 5) is 21.7. The van der Waals surface area contributed by atoms with Crippen LogP contribution in [-0.4, -0.2) is 34.4 Å². The number of carbonyl (C=O) groups is 2. The van der Waals surface area contributed by atoms with E-state index in [2.05, 4.69) is 5.32 Å². The van der Waals surface area contributed by atoms with E-state index in [1.165, 1.54) is 19.1 Å². The summed E-state index contributed by atoms with van der Waals surface area (Å²) in [5, 5.41) is 11.3. The molecule has 0 spiro atoms. The molecule has 0 radical (unpaired) electrons. The molecule has 1 aromatic rings. The van der Waals surface area contributed by atoms with Crippen molar-refractivity contribution in [3.8, 4) is 5.75 Å². The number of hydrogen-bond donors (Lipinski definition) is 4. The van der Waals surface area contributed by atoms with Gasteiger partial charge in [-0.3, -0.25) is 24.0 Å². The second-order valence-electron chi connectivity index (χ2n) is 2.98. The molecule has 0 bridgehead atoms. The first-order valence-electron chi connectivity index (χ1n) is 4.41. The van der Waals surface area contributed by atoms with E-state index in [1.54, 1.807) is 12.1 Å². The Morgan fingerprint density at radius 2 is 1.61 bits per heavy atom. The van der Waals surface area contributed by atoms with Gasteiger partial charge in [-0.25, -0.2) is 0 Å². The highest BCUT2D eigenvalue weighted by atomic mass is 32.3. The molecule has 9 heteroatoms. The molecule has 0 saturated heterocycles. The molecule has 0 aliphatic heterocycles. The molecule has 0 aliphatic rings. The van der Waals surface area contributed by atoms with E-state index in [0.29, 0.717) is 0 Å². The van der Waals surface area contributed by atoms with Crippen LogP contribution < -0.4 is 5.32 Å². The van der Waals surface area contributed by atoms with E-state index in [0.717, 1.165) is 0 Å². The standard InChI is InChI=1S/C9H9NO3.H2O4S/c1-6(11)10-9(13)7-4-2-3-5-8(7)12;1-5(2,3)4/h2-5,12H,1H3,(H,10,11,13);(H2,1,2,3,4). The fraction of sp³-hybridized carbons (Fsp3) is 0.111. The summed E-state index contributed by atoms with van der Waals surface area (Å²) in [6.45, 7) is 1.23. The number of hydrogen-bond acceptors (Lipinski definition) is 5. The lowest BCUT2D eigenvalue weighted by atomic mass is 10.2. The average Bonchev–Trinajstić information content (AvgIpc) is 2.14. The third-order valence-electron chi connectivity index (χ3n) is 1.44. The Labute approximate surface area is 103 Å². The van der Waals surface area contributed by atoms with Gasteiger partial charge in [0.1, 0.15) is 5.75 Å². The van der Waals surface area contributed by atoms with Crippen molar-refractivity contribution in [3.63, 3.8) is 0 Å². The Bertz CT molecular complexity index is 530. The Kier molecular flexibility index (Phi) is 5.96. The highest BCUT2D eigenvalue weighted by molar-refractivity contribution is 7.79. The molecule has 0 atom stereocenters. The molecule has 2 amide bonds. The molecule has 1 aromatic carbocycles. The predicted molar refractivity (Wildman–Crippen MR) is 60.4 cm³/mol. The fourth-order valence-corrected chi connectivity index (χ4v) is 0.893. The lowest BCUT2D eigenvalue weighted by molar-refractivity contribution is -0.118. The second kappa shape index (κ2) is 6.69. The number of imide groups is 1. The Morgan fingerprint density at radius 1 is 1.17 bits per heavy atom. The number of aromatic hydroxyl groups is 1. The molecule has 0 fully saturated rings. The molecular formula is C9H11NO7S. The Morgan fingerprint density at radius 3 is 2.00 bits per heavy atom. The smallest absolute Gasteiger partial charge is 0.394 e. The van der Waals surface area contributed by atoms with E-state index in [9.17, 15) is 14.7 Å². The van der Waals surface area contributed by atoms with Gasteiger partial charge in [-0.15, -0.1) is 0 Å². The van der Waals surface area contributed by atoms with Gasteiger partial charge in [0.25, 0.3) is 5.91 Å². The predicted octanol–water partition coefficient (Wildman–Crippen LogP) is 0.0157. The van der Waals surface area contributed by atoms with Crippen LogP contribution in [0.1, 0.15) is 17.3 Å². The third kappa shape index (κ3) is 8.21. The maximum atomic E-state index is 11.2. The Balaban J connectivity index is 0.000000494. The lowest BCUT2D eigenvalue weighted by Gasteiger charge is -2.02. The molecule has 100 valence electrons. The number of carbonyl (C=O) groups excluding carboxylic acids is 2. The van der Waals surface area contributed by atoms with Crippen LogP contribution >= 0.6 is 0 Å². The molecule has 4 N–H and O–H groups in total. The van der Waals surface area contributed by atoms with E-state index in [1.807, 2.05) is 0 Å². The SMILES string of the molecule is CC(=O)NC(=O)c1ccccc1O.O=S(=O)(O)O. The lowest BCUT2D eigenvalue weighted by Crippen LogP contribution is -2.27. The number of amides is 2. The summed E-state index contributed by atoms with van der Waals surface area (Å²) in [5.41, 5.74) is 0.0951. The van der Waals surface area contributed by atoms with Crippen LogP contribution in [0, 0.1) is 0 Å². The summed E-state index contributed by atoms with van der Waals surface area (Å²) in [6.07, 6.45) is 0. The summed E-state index contributed by atoms with van der Waals surface area (Å²) >= 11 is 0. The molecule has 0 saturated carbocycles. The van der Waals surface area contributed by atoms with Crippen LogP contribution in [0.2, 0.25) is 0 Å². The number of nitrogens with one attached hydrogen (secondary N) is 1. The molecule has 0 heterocycles. The summed E-state index contributed by atoms with van der Waals surface area (Å²) in [5.74, 6) is -1.18. The van der Waals surface area contributed by atoms with Gasteiger partial charge in [0.05, 0.1) is 5.56 Å². The van der Waals surface area contributed by atoms with Gasteiger partial charge in [0.2, 0.25) is 5.91 Å². The van der Waals surface area contributed by atoms with Gasteiger partial charge in [-0.1, -0.05) is 12.1 Å². The van der Waals surface area contributed by atoms with Gasteiger partial charge >= 0.3 is 10.4 Å². The summed E-state index contributed by atoms with van der Waals surface area (Å²) in [6, 6.07) is 6.03. The van der Waals surface area contributed by atoms with E-state index in [-0.39, 0.29) is 11.3 Å². The molecule has 0 aromatic heterocycles. The maximum absolute atomic E-state index is 11.2. The quantitative estimate of drug-likeness (QED) is 0.530. The van der Waals surface area contributed by atoms with Crippen molar-refractivity contribution < 1.29 is 32.2 Å². The second-order valence-corrected chi connectivity index (χ2v) is 3.87. The van der Waals surface area contributed by atoms with E-state index < -0.39 is 22.2 Å². The van der Waals surface area contributed by atoms with Crippen molar-refractivity contribution in [1.29, 1.82) is 0 Å². The molecule has 8 nitrogen and oxygen atoms in total. The molecular weight excluding hydrogens is 266 g/mol. The van der Waals surface area contributed by atoms with Crippen LogP contribution in [-0.2, 0) is 15.2 Å². The minimum absolute atomic E-state index is 0.0951. The molecule has 18 heavy (non-hydrogen) atoms. The minimum Gasteiger partial charge on any atom is -0.507 e. The van der Waals surface area contributed by atoms with Crippen LogP contribution in [0.3, 0.4) is 0 Å². The monoisotopic (exact) mass is 277 g/mol. The summed E-state index contributed by atoms with van der Waals surface area (Å²) in [7, 11) is -4.67.